The maximum Gasteiger partial charge on any atom is 0.394 e. The smallest absolute Gasteiger partial charge is 0.309 e. The van der Waals surface area contributed by atoms with E-state index in [1.165, 1.54) is 0 Å². The van der Waals surface area contributed by atoms with Crippen LogP contribution in [0, 0.1) is 0 Å². The molecule has 0 saturated carbocycles. The predicted molar refractivity (Wildman–Crippen MR) is 100 cm³/mol. The molecule has 0 spiro atoms. The van der Waals surface area contributed by atoms with Gasteiger partial charge in [0, 0.05) is 15.9 Å². The van der Waals surface area contributed by atoms with Gasteiger partial charge in [0.2, 0.25) is 0 Å². The highest BCUT2D eigenvalue weighted by Gasteiger charge is 2.28. The molecule has 0 radical (unpaired) electrons. The van der Waals surface area contributed by atoms with Gasteiger partial charge in [0.25, 0.3) is 0 Å². The molecule has 25 heavy (non-hydrogen) atoms. The fraction of sp³-hybridized carbons (Fsp3) is 0. The lowest BCUT2D eigenvalue weighted by atomic mass is 10.4. The average Bonchev–Trinajstić information content (AvgIpc) is 2.62. The highest BCUT2D eigenvalue weighted by molar-refractivity contribution is 7.85. The minimum Gasteiger partial charge on any atom is -0.309 e. The third-order valence-corrected chi connectivity index (χ3v) is 6.44. The second kappa shape index (κ2) is 8.23. The summed E-state index contributed by atoms with van der Waals surface area (Å²) < 4.78 is 45.4. The maximum atomic E-state index is 13.8. The fourth-order valence-electron chi connectivity index (χ4n) is 2.36. The lowest BCUT2D eigenvalue weighted by Crippen LogP contribution is -2.24. The second-order valence-corrected chi connectivity index (χ2v) is 8.73. The molecule has 0 atom stereocenters. The third kappa shape index (κ3) is 5.37. The second-order valence-electron chi connectivity index (χ2n) is 5.06. The molecule has 130 valence electrons. The molecule has 0 amide bonds. The van der Waals surface area contributed by atoms with E-state index in [2.05, 4.69) is 0 Å². The fourth-order valence-corrected chi connectivity index (χ4v) is 5.03. The Labute approximate surface area is 146 Å². The van der Waals surface area contributed by atoms with Gasteiger partial charge in [0.05, 0.1) is 0 Å². The Kier molecular flexibility index (Phi) is 6.28. The molecular weight excluding hydrogens is 359 g/mol. The summed E-state index contributed by atoms with van der Waals surface area (Å²) in [5, 5.41) is 2.62. The van der Waals surface area contributed by atoms with Crippen molar-refractivity contribution in [3.05, 3.63) is 91.0 Å². The zero-order valence-corrected chi connectivity index (χ0v) is 14.8. The normalized spacial score (nSPS) is 11.3. The van der Waals surface area contributed by atoms with E-state index in [9.17, 15) is 4.57 Å². The van der Waals surface area contributed by atoms with Crippen LogP contribution in [0.1, 0.15) is 0 Å². The predicted octanol–water partition coefficient (Wildman–Crippen LogP) is 2.67. The van der Waals surface area contributed by atoms with Crippen LogP contribution in [0.4, 0.5) is 0 Å². The minimum atomic E-state index is -4.67. The minimum absolute atomic E-state index is 0.873. The van der Waals surface area contributed by atoms with Crippen molar-refractivity contribution in [2.75, 3.05) is 0 Å². The average molecular weight is 376 g/mol. The molecular formula is C18H17O5PS. The van der Waals surface area contributed by atoms with E-state index in [4.69, 9.17) is 17.5 Å². The van der Waals surface area contributed by atoms with Crippen molar-refractivity contribution in [1.82, 2.24) is 0 Å². The van der Waals surface area contributed by atoms with E-state index in [1.54, 1.807) is 0 Å². The summed E-state index contributed by atoms with van der Waals surface area (Å²) in [6, 6.07) is 29.1. The van der Waals surface area contributed by atoms with Crippen molar-refractivity contribution in [2.45, 2.75) is 0 Å². The molecule has 3 aromatic rings. The van der Waals surface area contributed by atoms with Gasteiger partial charge in [-0.15, -0.1) is 0 Å². The zero-order valence-electron chi connectivity index (χ0n) is 13.1. The molecule has 5 nitrogen and oxygen atoms in total. The summed E-state index contributed by atoms with van der Waals surface area (Å²) in [5.74, 6) is 0. The monoisotopic (exact) mass is 376 g/mol. The van der Waals surface area contributed by atoms with E-state index in [0.717, 1.165) is 15.9 Å². The largest absolute Gasteiger partial charge is 0.394 e. The summed E-state index contributed by atoms with van der Waals surface area (Å²) in [6.45, 7) is 0. The van der Waals surface area contributed by atoms with Gasteiger partial charge < -0.3 is 4.57 Å². The summed E-state index contributed by atoms with van der Waals surface area (Å²) in [7, 11) is -7.44. The van der Waals surface area contributed by atoms with Gasteiger partial charge in [-0.25, -0.2) is 0 Å². The summed E-state index contributed by atoms with van der Waals surface area (Å²) >= 11 is 0. The van der Waals surface area contributed by atoms with Gasteiger partial charge in [-0.1, -0.05) is 91.0 Å². The quantitative estimate of drug-likeness (QED) is 0.542. The van der Waals surface area contributed by atoms with E-state index >= 15 is 0 Å². The summed E-state index contributed by atoms with van der Waals surface area (Å²) in [5.41, 5.74) is 0. The Hall–Kier alpha value is -2.24. The molecule has 0 unspecified atom stereocenters. The molecule has 0 aliphatic rings. The Morgan fingerprint density at radius 3 is 0.960 bits per heavy atom. The van der Waals surface area contributed by atoms with Crippen LogP contribution >= 0.6 is 7.14 Å². The Morgan fingerprint density at radius 1 is 0.560 bits per heavy atom. The van der Waals surface area contributed by atoms with Gasteiger partial charge in [0.15, 0.2) is 7.14 Å². The Balaban J connectivity index is 0.000000399. The SMILES string of the molecule is O=P(c1ccccc1)(c1ccccc1)c1ccccc1.O=S(=O)(O)O. The molecule has 0 aromatic heterocycles. The molecule has 2 N–H and O–H groups in total. The van der Waals surface area contributed by atoms with Crippen LogP contribution in [0.3, 0.4) is 0 Å². The van der Waals surface area contributed by atoms with Crippen LogP contribution in [0.25, 0.3) is 0 Å². The summed E-state index contributed by atoms with van der Waals surface area (Å²) in [6.07, 6.45) is 0. The lowest BCUT2D eigenvalue weighted by Gasteiger charge is -2.19. The molecule has 0 bridgehead atoms. The van der Waals surface area contributed by atoms with Crippen molar-refractivity contribution in [3.63, 3.8) is 0 Å². The number of rotatable bonds is 3. The van der Waals surface area contributed by atoms with E-state index in [1.807, 2.05) is 91.0 Å². The molecule has 0 aliphatic heterocycles. The maximum absolute atomic E-state index is 13.8. The van der Waals surface area contributed by atoms with Gasteiger partial charge in [-0.3, -0.25) is 9.11 Å². The van der Waals surface area contributed by atoms with E-state index < -0.39 is 17.5 Å². The number of hydrogen-bond acceptors (Lipinski definition) is 3. The van der Waals surface area contributed by atoms with Crippen molar-refractivity contribution < 1.29 is 22.1 Å². The molecule has 7 heteroatoms. The lowest BCUT2D eigenvalue weighted by molar-refractivity contribution is 0.381. The molecule has 0 saturated heterocycles. The first kappa shape index (κ1) is 19.1. The van der Waals surface area contributed by atoms with E-state index in [-0.39, 0.29) is 0 Å². The summed E-state index contributed by atoms with van der Waals surface area (Å²) in [4.78, 5) is 0. The standard InChI is InChI=1S/C18H15OP.H2O4S/c19-20(16-10-4-1-5-11-16,17-12-6-2-7-13-17)18-14-8-3-9-15-18;1-5(2,3)4/h1-15H;(H2,1,2,3,4). The highest BCUT2D eigenvalue weighted by Crippen LogP contribution is 2.41. The highest BCUT2D eigenvalue weighted by atomic mass is 32.3. The number of benzene rings is 3. The van der Waals surface area contributed by atoms with Gasteiger partial charge in [-0.05, 0) is 0 Å². The molecule has 3 rings (SSSR count). The van der Waals surface area contributed by atoms with Crippen LogP contribution < -0.4 is 15.9 Å². The van der Waals surface area contributed by atoms with Gasteiger partial charge in [0.1, 0.15) is 0 Å². The molecule has 0 fully saturated rings. The number of hydrogen-bond donors (Lipinski definition) is 2. The van der Waals surface area contributed by atoms with Crippen LogP contribution in [0.2, 0.25) is 0 Å². The van der Waals surface area contributed by atoms with Crippen LogP contribution in [-0.4, -0.2) is 17.5 Å². The van der Waals surface area contributed by atoms with Crippen molar-refractivity contribution in [2.24, 2.45) is 0 Å². The first-order chi connectivity index (χ1) is 11.8. The molecule has 0 heterocycles. The zero-order chi connectivity index (χ0) is 18.3. The van der Waals surface area contributed by atoms with Crippen molar-refractivity contribution in [1.29, 1.82) is 0 Å². The van der Waals surface area contributed by atoms with Crippen LogP contribution in [0.5, 0.6) is 0 Å². The van der Waals surface area contributed by atoms with Crippen molar-refractivity contribution >= 4 is 33.5 Å². The Bertz CT molecular complexity index is 831. The van der Waals surface area contributed by atoms with Gasteiger partial charge in [-0.2, -0.15) is 8.42 Å². The Morgan fingerprint density at radius 2 is 0.760 bits per heavy atom. The van der Waals surface area contributed by atoms with E-state index in [0.29, 0.717) is 0 Å². The van der Waals surface area contributed by atoms with Crippen LogP contribution in [0.15, 0.2) is 91.0 Å². The van der Waals surface area contributed by atoms with Crippen LogP contribution in [-0.2, 0) is 15.0 Å². The topological polar surface area (TPSA) is 91.7 Å². The first-order valence-electron chi connectivity index (χ1n) is 7.28. The van der Waals surface area contributed by atoms with Crippen molar-refractivity contribution in [3.8, 4) is 0 Å². The molecule has 0 aliphatic carbocycles. The van der Waals surface area contributed by atoms with Gasteiger partial charge >= 0.3 is 10.4 Å². The molecule has 3 aromatic carbocycles. The third-order valence-electron chi connectivity index (χ3n) is 3.36. The first-order valence-corrected chi connectivity index (χ1v) is 10.4.